The molecule has 0 spiro atoms. The fourth-order valence-electron chi connectivity index (χ4n) is 1.22. The van der Waals surface area contributed by atoms with E-state index >= 15 is 0 Å². The highest BCUT2D eigenvalue weighted by Crippen LogP contribution is 2.20. The van der Waals surface area contributed by atoms with Crippen molar-refractivity contribution in [2.75, 3.05) is 5.32 Å². The number of halogens is 3. The van der Waals surface area contributed by atoms with Crippen LogP contribution in [0.5, 0.6) is 0 Å². The lowest BCUT2D eigenvalue weighted by Crippen LogP contribution is -2.01. The molecule has 1 aromatic heterocycles. The van der Waals surface area contributed by atoms with Crippen LogP contribution in [0.3, 0.4) is 0 Å². The van der Waals surface area contributed by atoms with Crippen molar-refractivity contribution in [3.63, 3.8) is 0 Å². The summed E-state index contributed by atoms with van der Waals surface area (Å²) in [6, 6.07) is 5.53. The van der Waals surface area contributed by atoms with Gasteiger partial charge in [0, 0.05) is 0 Å². The monoisotopic (exact) mass is 283 g/mol. The van der Waals surface area contributed by atoms with E-state index in [1.165, 1.54) is 12.1 Å². The normalized spacial score (nSPS) is 9.89. The summed E-state index contributed by atoms with van der Waals surface area (Å²) in [6.45, 7) is 0. The summed E-state index contributed by atoms with van der Waals surface area (Å²) in [6.07, 6.45) is 0. The van der Waals surface area contributed by atoms with E-state index in [0.29, 0.717) is 5.69 Å². The summed E-state index contributed by atoms with van der Waals surface area (Å²) in [7, 11) is 0. The molecule has 90 valence electrons. The summed E-state index contributed by atoms with van der Waals surface area (Å²) in [5.74, 6) is -0.438. The number of anilines is 2. The quantitative estimate of drug-likeness (QED) is 0.917. The number of hydrogen-bond donors (Lipinski definition) is 1. The number of nitrogens with zero attached hydrogens (tertiary/aromatic N) is 4. The van der Waals surface area contributed by atoms with Gasteiger partial charge < -0.3 is 5.32 Å². The predicted octanol–water partition coefficient (Wildman–Crippen LogP) is 2.93. The molecule has 5 nitrogen and oxygen atoms in total. The van der Waals surface area contributed by atoms with Gasteiger partial charge in [-0.25, -0.2) is 4.39 Å². The van der Waals surface area contributed by atoms with Crippen molar-refractivity contribution >= 4 is 34.8 Å². The van der Waals surface area contributed by atoms with Crippen molar-refractivity contribution in [1.29, 1.82) is 5.26 Å². The average Bonchev–Trinajstić information content (AvgIpc) is 2.30. The van der Waals surface area contributed by atoms with E-state index in [-0.39, 0.29) is 22.1 Å². The van der Waals surface area contributed by atoms with Crippen molar-refractivity contribution in [3.8, 4) is 6.07 Å². The molecular weight excluding hydrogens is 280 g/mol. The number of benzene rings is 1. The molecular formula is C10H4Cl2FN5. The lowest BCUT2D eigenvalue weighted by molar-refractivity contribution is 0.627. The first-order chi connectivity index (χ1) is 8.58. The molecule has 18 heavy (non-hydrogen) atoms. The Bertz CT molecular complexity index is 620. The Morgan fingerprint density at radius 2 is 1.83 bits per heavy atom. The Balaban J connectivity index is 2.37. The average molecular weight is 284 g/mol. The second kappa shape index (κ2) is 5.12. The smallest absolute Gasteiger partial charge is 0.232 e. The minimum Gasteiger partial charge on any atom is -0.323 e. The van der Waals surface area contributed by atoms with Crippen molar-refractivity contribution in [2.45, 2.75) is 0 Å². The molecule has 0 amide bonds. The Labute approximate surface area is 111 Å². The highest BCUT2D eigenvalue weighted by molar-refractivity contribution is 6.31. The molecule has 0 fully saturated rings. The molecule has 0 aliphatic heterocycles. The fraction of sp³-hybridized carbons (Fsp3) is 0. The first-order valence-corrected chi connectivity index (χ1v) is 5.38. The zero-order chi connectivity index (χ0) is 13.1. The molecule has 0 aliphatic carbocycles. The second-order valence-electron chi connectivity index (χ2n) is 3.12. The van der Waals surface area contributed by atoms with E-state index in [1.54, 1.807) is 0 Å². The van der Waals surface area contributed by atoms with Gasteiger partial charge in [-0.05, 0) is 41.4 Å². The lowest BCUT2D eigenvalue weighted by atomic mass is 10.2. The molecule has 2 aromatic rings. The number of hydrogen-bond acceptors (Lipinski definition) is 5. The SMILES string of the molecule is N#Cc1cc(F)ccc1Nc1nc(Cl)nc(Cl)n1. The van der Waals surface area contributed by atoms with E-state index in [4.69, 9.17) is 28.5 Å². The van der Waals surface area contributed by atoms with Crippen LogP contribution < -0.4 is 5.32 Å². The number of nitriles is 1. The van der Waals surface area contributed by atoms with E-state index in [1.807, 2.05) is 6.07 Å². The maximum absolute atomic E-state index is 12.9. The summed E-state index contributed by atoms with van der Waals surface area (Å²) in [5, 5.41) is 11.4. The van der Waals surface area contributed by atoms with Gasteiger partial charge in [0.15, 0.2) is 0 Å². The molecule has 0 bridgehead atoms. The summed E-state index contributed by atoms with van der Waals surface area (Å²) >= 11 is 11.2. The van der Waals surface area contributed by atoms with Gasteiger partial charge in [-0.15, -0.1) is 0 Å². The van der Waals surface area contributed by atoms with Crippen LogP contribution in [0.4, 0.5) is 16.0 Å². The van der Waals surface area contributed by atoms with Gasteiger partial charge in [-0.3, -0.25) is 0 Å². The highest BCUT2D eigenvalue weighted by Gasteiger charge is 2.07. The van der Waals surface area contributed by atoms with Crippen LogP contribution in [0, 0.1) is 17.1 Å². The number of rotatable bonds is 2. The van der Waals surface area contributed by atoms with E-state index < -0.39 is 5.82 Å². The molecule has 1 aromatic carbocycles. The van der Waals surface area contributed by atoms with Crippen LogP contribution in [0.15, 0.2) is 18.2 Å². The topological polar surface area (TPSA) is 74.5 Å². The molecule has 8 heteroatoms. The summed E-state index contributed by atoms with van der Waals surface area (Å²) < 4.78 is 12.9. The molecule has 2 rings (SSSR count). The third-order valence-corrected chi connectivity index (χ3v) is 2.27. The van der Waals surface area contributed by atoms with Gasteiger partial charge in [0.25, 0.3) is 0 Å². The zero-order valence-electron chi connectivity index (χ0n) is 8.65. The van der Waals surface area contributed by atoms with Crippen molar-refractivity contribution < 1.29 is 4.39 Å². The van der Waals surface area contributed by atoms with Gasteiger partial charge in [0.1, 0.15) is 11.9 Å². The minimum absolute atomic E-state index is 0.0723. The predicted molar refractivity (Wildman–Crippen MR) is 64.2 cm³/mol. The molecule has 0 unspecified atom stereocenters. The first-order valence-electron chi connectivity index (χ1n) is 4.62. The minimum atomic E-state index is -0.510. The molecule has 1 N–H and O–H groups in total. The van der Waals surface area contributed by atoms with Gasteiger partial charge in [-0.2, -0.15) is 20.2 Å². The molecule has 0 atom stereocenters. The van der Waals surface area contributed by atoms with Gasteiger partial charge in [0.05, 0.1) is 11.3 Å². The van der Waals surface area contributed by atoms with Crippen LogP contribution in [-0.4, -0.2) is 15.0 Å². The Kier molecular flexibility index (Phi) is 3.55. The van der Waals surface area contributed by atoms with Crippen molar-refractivity contribution in [1.82, 2.24) is 15.0 Å². The fourth-order valence-corrected chi connectivity index (χ4v) is 1.58. The maximum atomic E-state index is 12.9. The number of aromatic nitrogens is 3. The zero-order valence-corrected chi connectivity index (χ0v) is 10.2. The Morgan fingerprint density at radius 1 is 1.17 bits per heavy atom. The van der Waals surface area contributed by atoms with E-state index in [2.05, 4.69) is 20.3 Å². The third-order valence-electron chi connectivity index (χ3n) is 1.93. The summed E-state index contributed by atoms with van der Waals surface area (Å²) in [5.41, 5.74) is 0.458. The molecule has 0 saturated heterocycles. The highest BCUT2D eigenvalue weighted by atomic mass is 35.5. The van der Waals surface area contributed by atoms with Crippen molar-refractivity contribution in [3.05, 3.63) is 40.1 Å². The lowest BCUT2D eigenvalue weighted by Gasteiger charge is -2.06. The maximum Gasteiger partial charge on any atom is 0.232 e. The second-order valence-corrected chi connectivity index (χ2v) is 3.80. The van der Waals surface area contributed by atoms with Crippen LogP contribution in [0.1, 0.15) is 5.56 Å². The standard InChI is InChI=1S/C10H4Cl2FN5/c11-8-16-9(12)18-10(17-8)15-7-2-1-6(13)3-5(7)4-14/h1-3H,(H,15,16,17,18). The Morgan fingerprint density at radius 3 is 2.44 bits per heavy atom. The van der Waals surface area contributed by atoms with Crippen LogP contribution in [0.2, 0.25) is 10.6 Å². The van der Waals surface area contributed by atoms with Crippen LogP contribution >= 0.6 is 23.2 Å². The van der Waals surface area contributed by atoms with Gasteiger partial charge in [0.2, 0.25) is 16.5 Å². The largest absolute Gasteiger partial charge is 0.323 e. The third kappa shape index (κ3) is 2.83. The van der Waals surface area contributed by atoms with Gasteiger partial charge >= 0.3 is 0 Å². The molecule has 1 heterocycles. The van der Waals surface area contributed by atoms with Crippen molar-refractivity contribution in [2.24, 2.45) is 0 Å². The van der Waals surface area contributed by atoms with Gasteiger partial charge in [-0.1, -0.05) is 0 Å². The Hall–Kier alpha value is -1.97. The first kappa shape index (κ1) is 12.5. The molecule has 0 saturated carbocycles. The van der Waals surface area contributed by atoms with Crippen LogP contribution in [-0.2, 0) is 0 Å². The summed E-state index contributed by atoms with van der Waals surface area (Å²) in [4.78, 5) is 11.1. The number of nitrogens with one attached hydrogen (secondary N) is 1. The molecule has 0 aliphatic rings. The molecule has 0 radical (unpaired) electrons. The van der Waals surface area contributed by atoms with Crippen LogP contribution in [0.25, 0.3) is 0 Å². The van der Waals surface area contributed by atoms with E-state index in [9.17, 15) is 4.39 Å². The van der Waals surface area contributed by atoms with E-state index in [0.717, 1.165) is 6.07 Å².